The molecule has 30 heavy (non-hydrogen) atoms. The number of benzene rings is 3. The van der Waals surface area contributed by atoms with Gasteiger partial charge < -0.3 is 0 Å². The van der Waals surface area contributed by atoms with Crippen LogP contribution in [-0.2, 0) is 28.9 Å². The average Bonchev–Trinajstić information content (AvgIpc) is 2.78. The Morgan fingerprint density at radius 1 is 0.933 bits per heavy atom. The number of unbranched alkanes of at least 4 members (excludes halogenated alkanes) is 1. The fourth-order valence-corrected chi connectivity index (χ4v) is 4.81. The predicted molar refractivity (Wildman–Crippen MR) is 120 cm³/mol. The van der Waals surface area contributed by atoms with E-state index in [1.807, 2.05) is 0 Å². The molecular formula is C28H24O2. The fraction of sp³-hybridized carbons (Fsp3) is 0.214. The molecule has 0 saturated heterocycles. The van der Waals surface area contributed by atoms with Gasteiger partial charge in [0, 0.05) is 5.57 Å². The summed E-state index contributed by atoms with van der Waals surface area (Å²) in [5.41, 5.74) is 8.77. The molecule has 148 valence electrons. The highest BCUT2D eigenvalue weighted by atomic mass is 16.2. The third-order valence-electron chi connectivity index (χ3n) is 6.38. The lowest BCUT2D eigenvalue weighted by Gasteiger charge is -2.22. The monoisotopic (exact) mass is 392 g/mol. The number of Topliss-reactive ketones (excluding diaryl/α,β-unsaturated/α-hetero) is 1. The molecule has 0 aromatic heterocycles. The average molecular weight is 392 g/mol. The van der Waals surface area contributed by atoms with Gasteiger partial charge in [0.2, 0.25) is 5.78 Å². The molecule has 0 heterocycles. The standard InChI is InChI=1S/C28H24O2/c1-2-3-6-18-9-10-21-14-24-15-22-12-19-7-4-5-8-20(19)13-23(22)16-26(24)28(25(21)11-18)27(30)17-29/h4-5,7-12,15-17H,2-3,6,13-14H2,1H3. The molecule has 0 aliphatic heterocycles. The van der Waals surface area contributed by atoms with Crippen LogP contribution in [-0.4, -0.2) is 12.1 Å². The quantitative estimate of drug-likeness (QED) is 0.384. The molecule has 0 radical (unpaired) electrons. The Morgan fingerprint density at radius 3 is 2.60 bits per heavy atom. The van der Waals surface area contributed by atoms with Gasteiger partial charge in [0.15, 0.2) is 6.29 Å². The van der Waals surface area contributed by atoms with E-state index >= 15 is 0 Å². The summed E-state index contributed by atoms with van der Waals surface area (Å²) in [5, 5.41) is 2.15. The number of hydrogen-bond acceptors (Lipinski definition) is 2. The van der Waals surface area contributed by atoms with Crippen LogP contribution in [0.15, 0.2) is 54.6 Å². The molecule has 2 aliphatic carbocycles. The van der Waals surface area contributed by atoms with E-state index in [4.69, 9.17) is 0 Å². The highest BCUT2D eigenvalue weighted by molar-refractivity contribution is 6.46. The lowest BCUT2D eigenvalue weighted by atomic mass is 9.81. The number of aryl methyl sites for hydroxylation is 1. The third kappa shape index (κ3) is 3.13. The van der Waals surface area contributed by atoms with Crippen molar-refractivity contribution in [3.8, 4) is 0 Å². The van der Waals surface area contributed by atoms with E-state index < -0.39 is 5.78 Å². The van der Waals surface area contributed by atoms with Crippen LogP contribution in [0.3, 0.4) is 0 Å². The van der Waals surface area contributed by atoms with Crippen LogP contribution in [0.25, 0.3) is 11.6 Å². The number of carbonyl (C=O) groups is 2. The van der Waals surface area contributed by atoms with E-state index in [1.165, 1.54) is 27.5 Å². The number of fused-ring (bicyclic) bond motifs is 4. The normalized spacial score (nSPS) is 13.4. The number of carbonyl (C=O) groups excluding carboxylic acids is 2. The first-order valence-electron chi connectivity index (χ1n) is 10.8. The summed E-state index contributed by atoms with van der Waals surface area (Å²) in [6.07, 6.45) is 7.59. The Kier molecular flexibility index (Phi) is 4.71. The SMILES string of the molecule is CCCCc1ccc2c(c1)C(C(=O)C=O)=c1cc3c(cc1C2)=Cc1ccccc1C3. The van der Waals surface area contributed by atoms with Gasteiger partial charge in [0.05, 0.1) is 0 Å². The molecule has 0 fully saturated rings. The molecule has 2 nitrogen and oxygen atoms in total. The predicted octanol–water partition coefficient (Wildman–Crippen LogP) is 3.63. The molecular weight excluding hydrogens is 368 g/mol. The molecule has 0 bridgehead atoms. The van der Waals surface area contributed by atoms with Gasteiger partial charge >= 0.3 is 0 Å². The van der Waals surface area contributed by atoms with Crippen LogP contribution < -0.4 is 10.4 Å². The molecule has 0 unspecified atom stereocenters. The fourth-order valence-electron chi connectivity index (χ4n) is 4.81. The zero-order valence-corrected chi connectivity index (χ0v) is 17.2. The van der Waals surface area contributed by atoms with Gasteiger partial charge in [-0.3, -0.25) is 9.59 Å². The molecule has 2 aliphatic rings. The van der Waals surface area contributed by atoms with Gasteiger partial charge in [-0.05, 0) is 87.2 Å². The maximum atomic E-state index is 12.8. The molecule has 0 N–H and O–H groups in total. The first-order valence-corrected chi connectivity index (χ1v) is 10.8. The van der Waals surface area contributed by atoms with Gasteiger partial charge in [0.25, 0.3) is 0 Å². The van der Waals surface area contributed by atoms with E-state index in [-0.39, 0.29) is 0 Å². The van der Waals surface area contributed by atoms with Crippen molar-refractivity contribution in [2.45, 2.75) is 39.0 Å². The van der Waals surface area contributed by atoms with E-state index in [1.54, 1.807) is 0 Å². The van der Waals surface area contributed by atoms with Crippen molar-refractivity contribution in [2.24, 2.45) is 0 Å². The summed E-state index contributed by atoms with van der Waals surface area (Å²) in [4.78, 5) is 24.3. The van der Waals surface area contributed by atoms with Crippen molar-refractivity contribution in [1.82, 2.24) is 0 Å². The highest BCUT2D eigenvalue weighted by Gasteiger charge is 2.23. The zero-order chi connectivity index (χ0) is 20.7. The molecule has 0 spiro atoms. The van der Waals surface area contributed by atoms with E-state index in [9.17, 15) is 9.59 Å². The molecule has 5 rings (SSSR count). The van der Waals surface area contributed by atoms with Crippen LogP contribution >= 0.6 is 0 Å². The molecule has 3 aromatic carbocycles. The Labute approximate surface area is 176 Å². The Bertz CT molecular complexity index is 1310. The van der Waals surface area contributed by atoms with Crippen LogP contribution in [0, 0.1) is 0 Å². The smallest absolute Gasteiger partial charge is 0.226 e. The topological polar surface area (TPSA) is 34.1 Å². The van der Waals surface area contributed by atoms with Crippen molar-refractivity contribution in [1.29, 1.82) is 0 Å². The van der Waals surface area contributed by atoms with Crippen molar-refractivity contribution < 1.29 is 9.59 Å². The summed E-state index contributed by atoms with van der Waals surface area (Å²) in [6.45, 7) is 2.18. The maximum Gasteiger partial charge on any atom is 0.226 e. The minimum Gasteiger partial charge on any atom is -0.294 e. The van der Waals surface area contributed by atoms with Gasteiger partial charge in [-0.1, -0.05) is 61.9 Å². The van der Waals surface area contributed by atoms with Gasteiger partial charge in [0.1, 0.15) is 0 Å². The van der Waals surface area contributed by atoms with Crippen molar-refractivity contribution in [3.05, 3.63) is 104 Å². The van der Waals surface area contributed by atoms with Gasteiger partial charge in [-0.2, -0.15) is 0 Å². The van der Waals surface area contributed by atoms with Crippen LogP contribution in [0.2, 0.25) is 0 Å². The second-order valence-electron chi connectivity index (χ2n) is 8.36. The minimum atomic E-state index is -0.426. The third-order valence-corrected chi connectivity index (χ3v) is 6.38. The van der Waals surface area contributed by atoms with Crippen LogP contribution in [0.4, 0.5) is 0 Å². The van der Waals surface area contributed by atoms with Crippen molar-refractivity contribution in [2.75, 3.05) is 0 Å². The molecule has 0 amide bonds. The number of hydrogen-bond donors (Lipinski definition) is 0. The number of ketones is 1. The Hall–Kier alpha value is -3.26. The first kappa shape index (κ1) is 18.7. The number of aldehydes is 1. The Balaban J connectivity index is 1.75. The summed E-state index contributed by atoms with van der Waals surface area (Å²) in [5.74, 6) is -0.426. The summed E-state index contributed by atoms with van der Waals surface area (Å²) >= 11 is 0. The van der Waals surface area contributed by atoms with Crippen LogP contribution in [0.5, 0.6) is 0 Å². The first-order chi connectivity index (χ1) is 14.7. The van der Waals surface area contributed by atoms with E-state index in [0.717, 1.165) is 54.0 Å². The molecule has 2 heteroatoms. The highest BCUT2D eigenvalue weighted by Crippen LogP contribution is 2.27. The second kappa shape index (κ2) is 7.53. The second-order valence-corrected chi connectivity index (χ2v) is 8.36. The molecule has 3 aromatic rings. The summed E-state index contributed by atoms with van der Waals surface area (Å²) in [6, 6.07) is 19.2. The Morgan fingerprint density at radius 2 is 1.77 bits per heavy atom. The minimum absolute atomic E-state index is 0.426. The summed E-state index contributed by atoms with van der Waals surface area (Å²) < 4.78 is 0. The van der Waals surface area contributed by atoms with Gasteiger partial charge in [-0.25, -0.2) is 0 Å². The van der Waals surface area contributed by atoms with Crippen molar-refractivity contribution in [3.63, 3.8) is 0 Å². The lowest BCUT2D eigenvalue weighted by molar-refractivity contribution is -0.126. The molecule has 0 saturated carbocycles. The lowest BCUT2D eigenvalue weighted by Crippen LogP contribution is -2.30. The van der Waals surface area contributed by atoms with Crippen molar-refractivity contribution >= 4 is 23.7 Å². The van der Waals surface area contributed by atoms with Gasteiger partial charge in [-0.15, -0.1) is 0 Å². The molecule has 0 atom stereocenters. The van der Waals surface area contributed by atoms with E-state index in [0.29, 0.717) is 11.9 Å². The van der Waals surface area contributed by atoms with Crippen LogP contribution in [0.1, 0.15) is 58.7 Å². The summed E-state index contributed by atoms with van der Waals surface area (Å²) in [7, 11) is 0. The van der Waals surface area contributed by atoms with E-state index in [2.05, 4.69) is 67.6 Å². The number of rotatable bonds is 5. The maximum absolute atomic E-state index is 12.8. The zero-order valence-electron chi connectivity index (χ0n) is 17.2. The largest absolute Gasteiger partial charge is 0.294 e.